The zero-order chi connectivity index (χ0) is 32.7. The molecule has 0 N–H and O–H groups in total. The molecule has 0 aromatic heterocycles. The number of aryl methyl sites for hydroxylation is 1. The van der Waals surface area contributed by atoms with E-state index in [9.17, 15) is 0 Å². The molecule has 0 fully saturated rings. The fourth-order valence-corrected chi connectivity index (χ4v) is 9.64. The van der Waals surface area contributed by atoms with Crippen molar-refractivity contribution in [1.29, 1.82) is 0 Å². The Bertz CT molecular complexity index is 2430. The van der Waals surface area contributed by atoms with Gasteiger partial charge in [0.1, 0.15) is 0 Å². The normalized spacial score (nSPS) is 17.3. The first-order valence-corrected chi connectivity index (χ1v) is 17.6. The second-order valence-electron chi connectivity index (χ2n) is 14.4. The standard InChI is InChI=1S/C48H37N/c1-47(2)42-24-11-7-19-36(42)39-21-14-22-40(46(39)47)38-20-9-13-26-45(38)49(33-16-4-3-5-17-33)34-27-28-37-35-18-8-12-25-43(35)48(44(37)31-34)30-29-32-15-6-10-23-41(32)48/h3-28,31H,29-30H2,1-2H3. The van der Waals surface area contributed by atoms with Crippen LogP contribution in [0.1, 0.15) is 53.6 Å². The maximum Gasteiger partial charge on any atom is 0.0540 e. The number of nitrogens with zero attached hydrogens (tertiary/aromatic N) is 1. The molecule has 7 aromatic rings. The van der Waals surface area contributed by atoms with Gasteiger partial charge in [0.2, 0.25) is 0 Å². The molecule has 1 heteroatoms. The molecule has 1 unspecified atom stereocenters. The van der Waals surface area contributed by atoms with Gasteiger partial charge < -0.3 is 4.90 Å². The van der Waals surface area contributed by atoms with Gasteiger partial charge in [-0.3, -0.25) is 0 Å². The minimum atomic E-state index is -0.142. The second kappa shape index (κ2) is 10.4. The van der Waals surface area contributed by atoms with Crippen molar-refractivity contribution >= 4 is 17.1 Å². The Morgan fingerprint density at radius 3 is 1.80 bits per heavy atom. The Morgan fingerprint density at radius 2 is 1.00 bits per heavy atom. The molecule has 3 aliphatic rings. The lowest BCUT2D eigenvalue weighted by Crippen LogP contribution is -2.24. The minimum Gasteiger partial charge on any atom is -0.310 e. The predicted octanol–water partition coefficient (Wildman–Crippen LogP) is 12.4. The summed E-state index contributed by atoms with van der Waals surface area (Å²) < 4.78 is 0. The number of benzene rings is 7. The maximum absolute atomic E-state index is 2.51. The van der Waals surface area contributed by atoms with Crippen molar-refractivity contribution in [3.8, 4) is 33.4 Å². The lowest BCUT2D eigenvalue weighted by atomic mass is 9.73. The van der Waals surface area contributed by atoms with Crippen molar-refractivity contribution in [2.45, 2.75) is 37.5 Å². The summed E-state index contributed by atoms with van der Waals surface area (Å²) in [4.78, 5) is 2.49. The van der Waals surface area contributed by atoms with Crippen LogP contribution in [0.2, 0.25) is 0 Å². The van der Waals surface area contributed by atoms with Crippen molar-refractivity contribution < 1.29 is 0 Å². The Morgan fingerprint density at radius 1 is 0.429 bits per heavy atom. The smallest absolute Gasteiger partial charge is 0.0540 e. The Labute approximate surface area is 289 Å². The number of rotatable bonds is 4. The van der Waals surface area contributed by atoms with Crippen LogP contribution in [0.25, 0.3) is 33.4 Å². The van der Waals surface area contributed by atoms with E-state index < -0.39 is 0 Å². The summed E-state index contributed by atoms with van der Waals surface area (Å²) >= 11 is 0. The fourth-order valence-electron chi connectivity index (χ4n) is 9.64. The van der Waals surface area contributed by atoms with Gasteiger partial charge in [0.25, 0.3) is 0 Å². The monoisotopic (exact) mass is 627 g/mol. The first kappa shape index (κ1) is 28.4. The highest BCUT2D eigenvalue weighted by Gasteiger charge is 2.48. The molecule has 1 atom stereocenters. The average molecular weight is 628 g/mol. The number of anilines is 3. The molecule has 1 nitrogen and oxygen atoms in total. The first-order valence-electron chi connectivity index (χ1n) is 17.6. The molecule has 3 aliphatic carbocycles. The molecule has 0 heterocycles. The lowest BCUT2D eigenvalue weighted by Gasteiger charge is -2.32. The number of hydrogen-bond acceptors (Lipinski definition) is 1. The van der Waals surface area contributed by atoms with Crippen LogP contribution in [0.15, 0.2) is 164 Å². The lowest BCUT2D eigenvalue weighted by molar-refractivity contribution is 0.626. The van der Waals surface area contributed by atoms with Gasteiger partial charge in [0, 0.05) is 27.8 Å². The molecule has 0 saturated carbocycles. The van der Waals surface area contributed by atoms with Gasteiger partial charge in [-0.2, -0.15) is 0 Å². The van der Waals surface area contributed by atoms with Crippen molar-refractivity contribution in [3.63, 3.8) is 0 Å². The van der Waals surface area contributed by atoms with E-state index in [0.717, 1.165) is 18.5 Å². The molecule has 10 rings (SSSR count). The van der Waals surface area contributed by atoms with E-state index in [-0.39, 0.29) is 10.8 Å². The summed E-state index contributed by atoms with van der Waals surface area (Å²) in [5, 5.41) is 0. The van der Waals surface area contributed by atoms with Crippen LogP contribution in [0, 0.1) is 0 Å². The molecule has 7 aromatic carbocycles. The van der Waals surface area contributed by atoms with E-state index >= 15 is 0 Å². The van der Waals surface area contributed by atoms with E-state index in [1.54, 1.807) is 0 Å². The van der Waals surface area contributed by atoms with Gasteiger partial charge in [-0.05, 0) is 104 Å². The van der Waals surface area contributed by atoms with Crippen LogP contribution in [-0.4, -0.2) is 0 Å². The third-order valence-corrected chi connectivity index (χ3v) is 11.7. The SMILES string of the molecule is CC1(C)c2ccccc2-c2cccc(-c3ccccc3N(c3ccccc3)c3ccc4c(c3)C3(CCc5ccccc53)c3ccccc3-4)c21. The number of hydrogen-bond donors (Lipinski definition) is 0. The van der Waals surface area contributed by atoms with Crippen molar-refractivity contribution in [1.82, 2.24) is 0 Å². The van der Waals surface area contributed by atoms with Crippen molar-refractivity contribution in [2.24, 2.45) is 0 Å². The summed E-state index contributed by atoms with van der Waals surface area (Å²) in [5.74, 6) is 0. The average Bonchev–Trinajstić information content (AvgIpc) is 3.76. The summed E-state index contributed by atoms with van der Waals surface area (Å²) in [5.41, 5.74) is 19.8. The molecule has 0 aliphatic heterocycles. The molecular weight excluding hydrogens is 591 g/mol. The summed E-state index contributed by atoms with van der Waals surface area (Å²) in [7, 11) is 0. The maximum atomic E-state index is 2.51. The third kappa shape index (κ3) is 3.88. The zero-order valence-corrected chi connectivity index (χ0v) is 27.9. The fraction of sp³-hybridized carbons (Fsp3) is 0.125. The molecule has 1 spiro atoms. The van der Waals surface area contributed by atoms with E-state index in [0.29, 0.717) is 0 Å². The molecule has 0 saturated heterocycles. The molecule has 0 radical (unpaired) electrons. The van der Waals surface area contributed by atoms with Gasteiger partial charge in [0.15, 0.2) is 0 Å². The van der Waals surface area contributed by atoms with Gasteiger partial charge in [-0.15, -0.1) is 0 Å². The highest BCUT2D eigenvalue weighted by atomic mass is 15.1. The molecule has 234 valence electrons. The van der Waals surface area contributed by atoms with Gasteiger partial charge in [0.05, 0.1) is 5.69 Å². The second-order valence-corrected chi connectivity index (χ2v) is 14.4. The van der Waals surface area contributed by atoms with Crippen molar-refractivity contribution in [2.75, 3.05) is 4.90 Å². The topological polar surface area (TPSA) is 3.24 Å². The summed E-state index contributed by atoms with van der Waals surface area (Å²) in [6, 6.07) is 61.2. The Hall–Kier alpha value is -5.66. The van der Waals surface area contributed by atoms with Crippen LogP contribution < -0.4 is 4.90 Å². The number of fused-ring (bicyclic) bond motifs is 10. The first-order chi connectivity index (χ1) is 24.1. The van der Waals surface area contributed by atoms with Crippen molar-refractivity contribution in [3.05, 3.63) is 197 Å². The highest BCUT2D eigenvalue weighted by molar-refractivity contribution is 5.95. The molecule has 0 amide bonds. The van der Waals surface area contributed by atoms with E-state index in [1.807, 2.05) is 0 Å². The number of para-hydroxylation sites is 2. The van der Waals surface area contributed by atoms with Crippen LogP contribution >= 0.6 is 0 Å². The zero-order valence-electron chi connectivity index (χ0n) is 27.9. The van der Waals surface area contributed by atoms with E-state index in [4.69, 9.17) is 0 Å². The van der Waals surface area contributed by atoms with Gasteiger partial charge in [-0.25, -0.2) is 0 Å². The third-order valence-electron chi connectivity index (χ3n) is 11.7. The largest absolute Gasteiger partial charge is 0.310 e. The molecule has 0 bridgehead atoms. The van der Waals surface area contributed by atoms with E-state index in [1.165, 1.54) is 78.1 Å². The van der Waals surface area contributed by atoms with Crippen LogP contribution in [-0.2, 0) is 17.3 Å². The van der Waals surface area contributed by atoms with E-state index in [2.05, 4.69) is 183 Å². The van der Waals surface area contributed by atoms with Gasteiger partial charge in [-0.1, -0.05) is 147 Å². The molecule has 49 heavy (non-hydrogen) atoms. The van der Waals surface area contributed by atoms with Gasteiger partial charge >= 0.3 is 0 Å². The Balaban J connectivity index is 1.21. The Kier molecular flexibility index (Phi) is 6.03. The summed E-state index contributed by atoms with van der Waals surface area (Å²) in [6.45, 7) is 4.77. The highest BCUT2D eigenvalue weighted by Crippen LogP contribution is 2.60. The van der Waals surface area contributed by atoms with Crippen LogP contribution in [0.3, 0.4) is 0 Å². The molecular formula is C48H37N. The van der Waals surface area contributed by atoms with Crippen LogP contribution in [0.4, 0.5) is 17.1 Å². The predicted molar refractivity (Wildman–Crippen MR) is 204 cm³/mol. The quantitative estimate of drug-likeness (QED) is 0.188. The minimum absolute atomic E-state index is 0.116. The van der Waals surface area contributed by atoms with Crippen LogP contribution in [0.5, 0.6) is 0 Å². The summed E-state index contributed by atoms with van der Waals surface area (Å²) in [6.07, 6.45) is 2.18.